The number of rotatable bonds is 4. The van der Waals surface area contributed by atoms with Gasteiger partial charge in [0.1, 0.15) is 6.04 Å². The van der Waals surface area contributed by atoms with Crippen LogP contribution in [0.15, 0.2) is 53.5 Å². The molecule has 0 aliphatic heterocycles. The molecule has 2 aromatic rings. The molecular formula is C16H19N3O2. The van der Waals surface area contributed by atoms with Crippen LogP contribution in [0.4, 0.5) is 11.4 Å². The topological polar surface area (TPSA) is 77.1 Å². The zero-order chi connectivity index (χ0) is 15.4. The third-order valence-electron chi connectivity index (χ3n) is 3.23. The first kappa shape index (κ1) is 14.8. The number of nitrogens with one attached hydrogen (secondary N) is 1. The maximum Gasteiger partial charge on any atom is 0.251 e. The number of nitrogens with zero attached hydrogens (tertiary/aromatic N) is 1. The number of nitrogen functional groups attached to an aromatic ring is 1. The summed E-state index contributed by atoms with van der Waals surface area (Å²) in [5.41, 5.74) is 6.72. The highest BCUT2D eigenvalue weighted by molar-refractivity contribution is 5.94. The number of amides is 1. The molecule has 1 unspecified atom stereocenters. The molecule has 1 aromatic carbocycles. The Balaban J connectivity index is 2.27. The third-order valence-corrected chi connectivity index (χ3v) is 3.23. The Morgan fingerprint density at radius 1 is 1.14 bits per heavy atom. The van der Waals surface area contributed by atoms with Crippen LogP contribution in [0.3, 0.4) is 0 Å². The van der Waals surface area contributed by atoms with E-state index in [1.54, 1.807) is 42.6 Å². The molecule has 1 heterocycles. The Kier molecular flexibility index (Phi) is 4.42. The smallest absolute Gasteiger partial charge is 0.251 e. The summed E-state index contributed by atoms with van der Waals surface area (Å²) < 4.78 is 1.46. The van der Waals surface area contributed by atoms with Crippen LogP contribution in [0, 0.1) is 5.92 Å². The molecule has 0 fully saturated rings. The van der Waals surface area contributed by atoms with E-state index in [0.29, 0.717) is 11.4 Å². The summed E-state index contributed by atoms with van der Waals surface area (Å²) in [5, 5.41) is 2.82. The molecule has 21 heavy (non-hydrogen) atoms. The molecule has 2 rings (SSSR count). The Morgan fingerprint density at radius 2 is 1.81 bits per heavy atom. The predicted molar refractivity (Wildman–Crippen MR) is 84.1 cm³/mol. The summed E-state index contributed by atoms with van der Waals surface area (Å²) in [6.07, 6.45) is 1.63. The van der Waals surface area contributed by atoms with Crippen LogP contribution in [-0.2, 0) is 4.79 Å². The molecule has 0 aliphatic rings. The molecule has 1 amide bonds. The maximum atomic E-state index is 12.5. The van der Waals surface area contributed by atoms with E-state index < -0.39 is 6.04 Å². The van der Waals surface area contributed by atoms with Crippen molar-refractivity contribution in [2.24, 2.45) is 5.92 Å². The lowest BCUT2D eigenvalue weighted by atomic mass is 10.0. The van der Waals surface area contributed by atoms with Crippen molar-refractivity contribution in [2.75, 3.05) is 11.1 Å². The highest BCUT2D eigenvalue weighted by atomic mass is 16.2. The summed E-state index contributed by atoms with van der Waals surface area (Å²) in [6, 6.07) is 11.2. The van der Waals surface area contributed by atoms with Gasteiger partial charge >= 0.3 is 0 Å². The van der Waals surface area contributed by atoms with Crippen LogP contribution < -0.4 is 16.6 Å². The lowest BCUT2D eigenvalue weighted by molar-refractivity contribution is -0.120. The number of hydrogen-bond acceptors (Lipinski definition) is 3. The number of benzene rings is 1. The van der Waals surface area contributed by atoms with Gasteiger partial charge < -0.3 is 15.6 Å². The fourth-order valence-corrected chi connectivity index (χ4v) is 2.20. The van der Waals surface area contributed by atoms with Gasteiger partial charge in [-0.3, -0.25) is 9.59 Å². The molecule has 110 valence electrons. The first-order chi connectivity index (χ1) is 9.99. The third kappa shape index (κ3) is 3.51. The van der Waals surface area contributed by atoms with Crippen LogP contribution in [0.2, 0.25) is 0 Å². The van der Waals surface area contributed by atoms with Crippen molar-refractivity contribution >= 4 is 17.3 Å². The molecule has 0 radical (unpaired) electrons. The monoisotopic (exact) mass is 285 g/mol. The normalized spacial score (nSPS) is 12.1. The average Bonchev–Trinajstić information content (AvgIpc) is 2.43. The number of nitrogens with two attached hydrogens (primary N) is 1. The van der Waals surface area contributed by atoms with Gasteiger partial charge in [0.25, 0.3) is 5.56 Å². The van der Waals surface area contributed by atoms with Gasteiger partial charge in [-0.15, -0.1) is 0 Å². The standard InChI is InChI=1S/C16H19N3O2/c1-11(2)15(19-10-4-3-5-14(19)20)16(21)18-13-8-6-12(17)7-9-13/h3-11,15H,17H2,1-2H3,(H,18,21). The fraction of sp³-hybridized carbons (Fsp3) is 0.250. The van der Waals surface area contributed by atoms with Gasteiger partial charge in [0.05, 0.1) is 0 Å². The molecule has 0 aliphatic carbocycles. The first-order valence-corrected chi connectivity index (χ1v) is 6.82. The van der Waals surface area contributed by atoms with E-state index in [1.807, 2.05) is 13.8 Å². The molecule has 0 bridgehead atoms. The number of carbonyl (C=O) groups excluding carboxylic acids is 1. The van der Waals surface area contributed by atoms with Crippen LogP contribution in [0.25, 0.3) is 0 Å². The van der Waals surface area contributed by atoms with Crippen LogP contribution in [-0.4, -0.2) is 10.5 Å². The Labute approximate surface area is 123 Å². The average molecular weight is 285 g/mol. The van der Waals surface area contributed by atoms with E-state index in [-0.39, 0.29) is 17.4 Å². The molecule has 0 saturated carbocycles. The minimum atomic E-state index is -0.559. The van der Waals surface area contributed by atoms with Crippen molar-refractivity contribution in [3.8, 4) is 0 Å². The van der Waals surface area contributed by atoms with Crippen molar-refractivity contribution in [3.05, 3.63) is 59.0 Å². The molecule has 0 spiro atoms. The Morgan fingerprint density at radius 3 is 2.38 bits per heavy atom. The van der Waals surface area contributed by atoms with Crippen molar-refractivity contribution in [2.45, 2.75) is 19.9 Å². The van der Waals surface area contributed by atoms with E-state index in [4.69, 9.17) is 5.73 Å². The number of carbonyl (C=O) groups is 1. The van der Waals surface area contributed by atoms with Gasteiger partial charge in [-0.25, -0.2) is 0 Å². The summed E-state index contributed by atoms with van der Waals surface area (Å²) in [6.45, 7) is 3.82. The Bertz CT molecular complexity index is 674. The van der Waals surface area contributed by atoms with Gasteiger partial charge in [0.15, 0.2) is 0 Å². The lowest BCUT2D eigenvalue weighted by Crippen LogP contribution is -2.35. The number of aromatic nitrogens is 1. The SMILES string of the molecule is CC(C)C(C(=O)Nc1ccc(N)cc1)n1ccccc1=O. The lowest BCUT2D eigenvalue weighted by Gasteiger charge is -2.22. The molecule has 5 nitrogen and oxygen atoms in total. The second-order valence-electron chi connectivity index (χ2n) is 5.25. The highest BCUT2D eigenvalue weighted by Gasteiger charge is 2.24. The number of anilines is 2. The largest absolute Gasteiger partial charge is 0.399 e. The van der Waals surface area contributed by atoms with Crippen molar-refractivity contribution in [3.63, 3.8) is 0 Å². The summed E-state index contributed by atoms with van der Waals surface area (Å²) in [4.78, 5) is 24.4. The second-order valence-corrected chi connectivity index (χ2v) is 5.25. The van der Waals surface area contributed by atoms with E-state index in [9.17, 15) is 9.59 Å². The minimum absolute atomic E-state index is 0.0149. The van der Waals surface area contributed by atoms with Gasteiger partial charge in [-0.05, 0) is 36.2 Å². The maximum absolute atomic E-state index is 12.5. The second kappa shape index (κ2) is 6.26. The molecular weight excluding hydrogens is 266 g/mol. The van der Waals surface area contributed by atoms with Gasteiger partial charge in [-0.2, -0.15) is 0 Å². The van der Waals surface area contributed by atoms with Crippen molar-refractivity contribution in [1.29, 1.82) is 0 Å². The van der Waals surface area contributed by atoms with E-state index in [1.165, 1.54) is 10.6 Å². The van der Waals surface area contributed by atoms with Gasteiger partial charge in [0, 0.05) is 23.6 Å². The fourth-order valence-electron chi connectivity index (χ4n) is 2.20. The molecule has 0 saturated heterocycles. The van der Waals surface area contributed by atoms with Crippen molar-refractivity contribution < 1.29 is 4.79 Å². The summed E-state index contributed by atoms with van der Waals surface area (Å²) in [5.74, 6) is -0.234. The summed E-state index contributed by atoms with van der Waals surface area (Å²) >= 11 is 0. The molecule has 5 heteroatoms. The van der Waals surface area contributed by atoms with Crippen molar-refractivity contribution in [1.82, 2.24) is 4.57 Å². The number of pyridine rings is 1. The van der Waals surface area contributed by atoms with E-state index >= 15 is 0 Å². The molecule has 3 N–H and O–H groups in total. The predicted octanol–water partition coefficient (Wildman–Crippen LogP) is 2.27. The summed E-state index contributed by atoms with van der Waals surface area (Å²) in [7, 11) is 0. The zero-order valence-electron chi connectivity index (χ0n) is 12.1. The van der Waals surface area contributed by atoms with E-state index in [2.05, 4.69) is 5.32 Å². The van der Waals surface area contributed by atoms with Crippen LogP contribution in [0.1, 0.15) is 19.9 Å². The minimum Gasteiger partial charge on any atom is -0.399 e. The first-order valence-electron chi connectivity index (χ1n) is 6.82. The highest BCUT2D eigenvalue weighted by Crippen LogP contribution is 2.19. The van der Waals surface area contributed by atoms with E-state index in [0.717, 1.165) is 0 Å². The van der Waals surface area contributed by atoms with Crippen LogP contribution in [0.5, 0.6) is 0 Å². The number of hydrogen-bond donors (Lipinski definition) is 2. The van der Waals surface area contributed by atoms with Gasteiger partial charge in [0.2, 0.25) is 5.91 Å². The molecule has 1 atom stereocenters. The Hall–Kier alpha value is -2.56. The molecule has 1 aromatic heterocycles. The zero-order valence-corrected chi connectivity index (χ0v) is 12.1. The van der Waals surface area contributed by atoms with Gasteiger partial charge in [-0.1, -0.05) is 19.9 Å². The quantitative estimate of drug-likeness (QED) is 0.846. The van der Waals surface area contributed by atoms with Crippen LogP contribution >= 0.6 is 0 Å².